The number of rotatable bonds is 6. The van der Waals surface area contributed by atoms with Gasteiger partial charge in [-0.15, -0.1) is 0 Å². The van der Waals surface area contributed by atoms with Crippen molar-refractivity contribution < 1.29 is 5.11 Å². The van der Waals surface area contributed by atoms with Gasteiger partial charge in [0.25, 0.3) is 0 Å². The van der Waals surface area contributed by atoms with E-state index in [0.29, 0.717) is 18.2 Å². The first kappa shape index (κ1) is 15.0. The number of aromatic nitrogens is 4. The second-order valence-corrected chi connectivity index (χ2v) is 5.07. The standard InChI is InChI=1S/C16H18N6O/c17-16-20-14(10-15(21-16)22-9-1-7-19-22)18-8-6-12-2-4-13(11-23)5-3-12/h1-5,7,9-10,23H,6,8,11H2,(H3,17,18,20,21). The minimum absolute atomic E-state index is 0.0644. The second-order valence-electron chi connectivity index (χ2n) is 5.07. The molecule has 0 unspecified atom stereocenters. The molecule has 7 heteroatoms. The van der Waals surface area contributed by atoms with Crippen LogP contribution in [0.5, 0.6) is 0 Å². The summed E-state index contributed by atoms with van der Waals surface area (Å²) >= 11 is 0. The summed E-state index contributed by atoms with van der Waals surface area (Å²) in [5, 5.41) is 16.4. The summed E-state index contributed by atoms with van der Waals surface area (Å²) in [5.74, 6) is 1.49. The number of anilines is 2. The lowest BCUT2D eigenvalue weighted by atomic mass is 10.1. The second kappa shape index (κ2) is 6.89. The number of nitrogens with zero attached hydrogens (tertiary/aromatic N) is 4. The van der Waals surface area contributed by atoms with Gasteiger partial charge in [-0.05, 0) is 23.6 Å². The number of nitrogens with one attached hydrogen (secondary N) is 1. The maximum absolute atomic E-state index is 9.04. The van der Waals surface area contributed by atoms with Crippen molar-refractivity contribution in [3.63, 3.8) is 0 Å². The maximum atomic E-state index is 9.04. The van der Waals surface area contributed by atoms with Crippen molar-refractivity contribution in [2.45, 2.75) is 13.0 Å². The molecule has 2 heterocycles. The molecule has 2 aromatic heterocycles. The van der Waals surface area contributed by atoms with Gasteiger partial charge in [0.1, 0.15) is 5.82 Å². The molecule has 118 valence electrons. The van der Waals surface area contributed by atoms with E-state index >= 15 is 0 Å². The smallest absolute Gasteiger partial charge is 0.224 e. The Balaban J connectivity index is 1.63. The summed E-state index contributed by atoms with van der Waals surface area (Å²) in [6.45, 7) is 0.780. The van der Waals surface area contributed by atoms with Crippen LogP contribution in [0.2, 0.25) is 0 Å². The highest BCUT2D eigenvalue weighted by Crippen LogP contribution is 2.12. The number of nitrogen functional groups attached to an aromatic ring is 1. The highest BCUT2D eigenvalue weighted by atomic mass is 16.3. The van der Waals surface area contributed by atoms with E-state index in [2.05, 4.69) is 20.4 Å². The third kappa shape index (κ3) is 3.83. The van der Waals surface area contributed by atoms with Crippen molar-refractivity contribution in [1.29, 1.82) is 0 Å². The topological polar surface area (TPSA) is 102 Å². The lowest BCUT2D eigenvalue weighted by molar-refractivity contribution is 0.282. The molecule has 4 N–H and O–H groups in total. The minimum atomic E-state index is 0.0644. The van der Waals surface area contributed by atoms with E-state index in [4.69, 9.17) is 10.8 Å². The molecule has 3 rings (SSSR count). The zero-order chi connectivity index (χ0) is 16.1. The van der Waals surface area contributed by atoms with Gasteiger partial charge in [0.05, 0.1) is 6.61 Å². The Labute approximate surface area is 133 Å². The van der Waals surface area contributed by atoms with E-state index in [0.717, 1.165) is 12.0 Å². The molecule has 0 fully saturated rings. The predicted molar refractivity (Wildman–Crippen MR) is 88.1 cm³/mol. The van der Waals surface area contributed by atoms with E-state index < -0.39 is 0 Å². The number of benzene rings is 1. The summed E-state index contributed by atoms with van der Waals surface area (Å²) in [7, 11) is 0. The number of nitrogens with two attached hydrogens (primary N) is 1. The zero-order valence-corrected chi connectivity index (χ0v) is 12.6. The molecule has 0 aliphatic heterocycles. The fourth-order valence-electron chi connectivity index (χ4n) is 2.21. The minimum Gasteiger partial charge on any atom is -0.392 e. The Bertz CT molecular complexity index is 755. The molecule has 0 amide bonds. The number of hydrogen-bond acceptors (Lipinski definition) is 6. The number of aliphatic hydroxyl groups excluding tert-OH is 1. The van der Waals surface area contributed by atoms with Gasteiger partial charge in [-0.3, -0.25) is 0 Å². The van der Waals surface area contributed by atoms with Gasteiger partial charge in [0.15, 0.2) is 5.82 Å². The van der Waals surface area contributed by atoms with E-state index in [1.807, 2.05) is 30.3 Å². The molecule has 0 saturated heterocycles. The monoisotopic (exact) mass is 310 g/mol. The highest BCUT2D eigenvalue weighted by Gasteiger charge is 2.04. The third-order valence-corrected chi connectivity index (χ3v) is 3.39. The normalized spacial score (nSPS) is 10.7. The van der Waals surface area contributed by atoms with Crippen molar-refractivity contribution in [1.82, 2.24) is 19.7 Å². The van der Waals surface area contributed by atoms with Crippen LogP contribution in [-0.4, -0.2) is 31.4 Å². The SMILES string of the molecule is Nc1nc(NCCc2ccc(CO)cc2)cc(-n2cccn2)n1. The van der Waals surface area contributed by atoms with Crippen LogP contribution in [-0.2, 0) is 13.0 Å². The van der Waals surface area contributed by atoms with E-state index in [-0.39, 0.29) is 12.6 Å². The summed E-state index contributed by atoms with van der Waals surface area (Å²) in [6, 6.07) is 11.5. The molecule has 1 aromatic carbocycles. The van der Waals surface area contributed by atoms with Gasteiger partial charge in [-0.25, -0.2) is 4.68 Å². The number of aliphatic hydroxyl groups is 1. The van der Waals surface area contributed by atoms with Crippen molar-refractivity contribution >= 4 is 11.8 Å². The molecule has 0 spiro atoms. The van der Waals surface area contributed by atoms with Crippen molar-refractivity contribution in [3.8, 4) is 5.82 Å². The van der Waals surface area contributed by atoms with Crippen molar-refractivity contribution in [2.75, 3.05) is 17.6 Å². The van der Waals surface area contributed by atoms with Crippen LogP contribution < -0.4 is 11.1 Å². The Morgan fingerprint density at radius 3 is 2.61 bits per heavy atom. The van der Waals surface area contributed by atoms with Gasteiger partial charge in [-0.1, -0.05) is 24.3 Å². The molecule has 0 atom stereocenters. The quantitative estimate of drug-likeness (QED) is 0.636. The fourth-order valence-corrected chi connectivity index (χ4v) is 2.21. The molecule has 0 radical (unpaired) electrons. The Hall–Kier alpha value is -2.93. The molecule has 7 nitrogen and oxygen atoms in total. The van der Waals surface area contributed by atoms with E-state index in [9.17, 15) is 0 Å². The first-order valence-electron chi connectivity index (χ1n) is 7.32. The van der Waals surface area contributed by atoms with Gasteiger partial charge in [0.2, 0.25) is 5.95 Å². The van der Waals surface area contributed by atoms with Crippen LogP contribution in [0, 0.1) is 0 Å². The van der Waals surface area contributed by atoms with Crippen LogP contribution in [0.3, 0.4) is 0 Å². The van der Waals surface area contributed by atoms with Crippen molar-refractivity contribution in [2.24, 2.45) is 0 Å². The lowest BCUT2D eigenvalue weighted by Gasteiger charge is -2.09. The zero-order valence-electron chi connectivity index (χ0n) is 12.6. The fraction of sp³-hybridized carbons (Fsp3) is 0.188. The Morgan fingerprint density at radius 1 is 1.13 bits per heavy atom. The molecular weight excluding hydrogens is 292 g/mol. The van der Waals surface area contributed by atoms with Crippen LogP contribution in [0.15, 0.2) is 48.8 Å². The van der Waals surface area contributed by atoms with Crippen LogP contribution in [0.4, 0.5) is 11.8 Å². The van der Waals surface area contributed by atoms with Crippen LogP contribution >= 0.6 is 0 Å². The van der Waals surface area contributed by atoms with Crippen molar-refractivity contribution in [3.05, 3.63) is 59.9 Å². The highest BCUT2D eigenvalue weighted by molar-refractivity contribution is 5.45. The first-order valence-corrected chi connectivity index (χ1v) is 7.32. The summed E-state index contributed by atoms with van der Waals surface area (Å²) in [5.41, 5.74) is 7.85. The summed E-state index contributed by atoms with van der Waals surface area (Å²) in [4.78, 5) is 8.35. The Kier molecular flexibility index (Phi) is 4.49. The average Bonchev–Trinajstić information content (AvgIpc) is 3.09. The van der Waals surface area contributed by atoms with Gasteiger partial charge in [-0.2, -0.15) is 15.1 Å². The molecule has 0 aliphatic carbocycles. The van der Waals surface area contributed by atoms with Gasteiger partial charge >= 0.3 is 0 Å². The van der Waals surface area contributed by atoms with E-state index in [1.54, 1.807) is 23.1 Å². The largest absolute Gasteiger partial charge is 0.392 e. The van der Waals surface area contributed by atoms with Gasteiger partial charge < -0.3 is 16.2 Å². The van der Waals surface area contributed by atoms with Gasteiger partial charge in [0, 0.05) is 25.0 Å². The van der Waals surface area contributed by atoms with E-state index in [1.165, 1.54) is 5.56 Å². The molecule has 0 saturated carbocycles. The molecular formula is C16H18N6O. The summed E-state index contributed by atoms with van der Waals surface area (Å²) in [6.07, 6.45) is 4.32. The first-order chi connectivity index (χ1) is 11.2. The summed E-state index contributed by atoms with van der Waals surface area (Å²) < 4.78 is 1.64. The average molecular weight is 310 g/mol. The Morgan fingerprint density at radius 2 is 1.91 bits per heavy atom. The van der Waals surface area contributed by atoms with Crippen LogP contribution in [0.25, 0.3) is 5.82 Å². The molecule has 23 heavy (non-hydrogen) atoms. The number of hydrogen-bond donors (Lipinski definition) is 3. The molecule has 0 aliphatic rings. The van der Waals surface area contributed by atoms with Crippen LogP contribution in [0.1, 0.15) is 11.1 Å². The predicted octanol–water partition coefficient (Wildman–Crippen LogP) is 1.39. The molecule has 0 bridgehead atoms. The molecule has 3 aromatic rings. The maximum Gasteiger partial charge on any atom is 0.224 e. The third-order valence-electron chi connectivity index (χ3n) is 3.39. The lowest BCUT2D eigenvalue weighted by Crippen LogP contribution is -2.10.